The summed E-state index contributed by atoms with van der Waals surface area (Å²) in [5.41, 5.74) is 5.84. The van der Waals surface area contributed by atoms with Gasteiger partial charge in [0.1, 0.15) is 0 Å². The first-order chi connectivity index (χ1) is 7.52. The number of amides is 1. The van der Waals surface area contributed by atoms with Crippen LogP contribution in [0.4, 0.5) is 0 Å². The molecule has 0 radical (unpaired) electrons. The largest absolute Gasteiger partial charge is 0.343 e. The first-order valence-electron chi connectivity index (χ1n) is 6.25. The molecule has 0 unspecified atom stereocenters. The maximum Gasteiger partial charge on any atom is 0.239 e. The summed E-state index contributed by atoms with van der Waals surface area (Å²) in [6, 6.07) is -0.358. The van der Waals surface area contributed by atoms with Crippen molar-refractivity contribution < 1.29 is 4.79 Å². The van der Waals surface area contributed by atoms with E-state index < -0.39 is 0 Å². The Morgan fingerprint density at radius 2 is 1.94 bits per heavy atom. The van der Waals surface area contributed by atoms with Crippen LogP contribution in [0.15, 0.2) is 0 Å². The van der Waals surface area contributed by atoms with E-state index in [4.69, 9.17) is 5.73 Å². The molecule has 16 heavy (non-hydrogen) atoms. The molecular formula is C12H25N3O. The highest BCUT2D eigenvalue weighted by Crippen LogP contribution is 2.07. The number of likely N-dealkylation sites (N-methyl/N-ethyl adjacent to an activating group) is 1. The molecule has 1 rings (SSSR count). The summed E-state index contributed by atoms with van der Waals surface area (Å²) in [4.78, 5) is 16.0. The van der Waals surface area contributed by atoms with Gasteiger partial charge in [-0.1, -0.05) is 13.8 Å². The van der Waals surface area contributed by atoms with Crippen LogP contribution in [-0.2, 0) is 4.79 Å². The molecule has 1 aliphatic rings. The minimum absolute atomic E-state index is 0.0641. The van der Waals surface area contributed by atoms with Crippen LogP contribution in [0.5, 0.6) is 0 Å². The molecule has 4 nitrogen and oxygen atoms in total. The van der Waals surface area contributed by atoms with Crippen molar-refractivity contribution >= 4 is 5.91 Å². The molecule has 1 fully saturated rings. The Morgan fingerprint density at radius 3 is 2.44 bits per heavy atom. The molecule has 0 aromatic rings. The van der Waals surface area contributed by atoms with Gasteiger partial charge in [-0.2, -0.15) is 0 Å². The molecule has 1 aliphatic heterocycles. The smallest absolute Gasteiger partial charge is 0.239 e. The first kappa shape index (κ1) is 13.5. The molecule has 0 bridgehead atoms. The van der Waals surface area contributed by atoms with Crippen LogP contribution in [0.3, 0.4) is 0 Å². The van der Waals surface area contributed by atoms with Gasteiger partial charge in [0.2, 0.25) is 5.91 Å². The molecule has 0 aromatic carbocycles. The fraction of sp³-hybridized carbons (Fsp3) is 0.917. The third-order valence-corrected chi connectivity index (χ3v) is 3.33. The molecule has 0 aliphatic carbocycles. The SMILES string of the molecule is CC(C)[C@H](N)C(=O)N(C)CCN1CCCC1. The standard InChI is InChI=1S/C12H25N3O/c1-10(2)11(13)12(16)14(3)8-9-15-6-4-5-7-15/h10-11H,4-9,13H2,1-3H3/t11-/m0/s1. The summed E-state index contributed by atoms with van der Waals surface area (Å²) in [5.74, 6) is 0.274. The van der Waals surface area contributed by atoms with Crippen molar-refractivity contribution in [2.75, 3.05) is 33.2 Å². The number of hydrogen-bond donors (Lipinski definition) is 1. The van der Waals surface area contributed by atoms with Crippen LogP contribution in [0.1, 0.15) is 26.7 Å². The summed E-state index contributed by atoms with van der Waals surface area (Å²) < 4.78 is 0. The second-order valence-electron chi connectivity index (χ2n) is 5.08. The summed E-state index contributed by atoms with van der Waals surface area (Å²) in [6.45, 7) is 8.09. The molecule has 1 amide bonds. The monoisotopic (exact) mass is 227 g/mol. The summed E-state index contributed by atoms with van der Waals surface area (Å²) in [6.07, 6.45) is 2.59. The van der Waals surface area contributed by atoms with Crippen LogP contribution < -0.4 is 5.73 Å². The van der Waals surface area contributed by atoms with Gasteiger partial charge in [0.05, 0.1) is 6.04 Å². The van der Waals surface area contributed by atoms with Crippen molar-refractivity contribution in [2.24, 2.45) is 11.7 Å². The van der Waals surface area contributed by atoms with E-state index in [0.717, 1.165) is 13.1 Å². The quantitative estimate of drug-likeness (QED) is 0.745. The molecule has 0 aromatic heterocycles. The van der Waals surface area contributed by atoms with Crippen molar-refractivity contribution in [3.05, 3.63) is 0 Å². The van der Waals surface area contributed by atoms with Gasteiger partial charge in [-0.25, -0.2) is 0 Å². The van der Waals surface area contributed by atoms with Crippen molar-refractivity contribution in [2.45, 2.75) is 32.7 Å². The van der Waals surface area contributed by atoms with Crippen molar-refractivity contribution in [3.8, 4) is 0 Å². The lowest BCUT2D eigenvalue weighted by atomic mass is 10.0. The molecule has 2 N–H and O–H groups in total. The van der Waals surface area contributed by atoms with Gasteiger partial charge >= 0.3 is 0 Å². The van der Waals surface area contributed by atoms with Gasteiger partial charge in [0.25, 0.3) is 0 Å². The predicted octanol–water partition coefficient (Wildman–Crippen LogP) is 0.524. The second-order valence-corrected chi connectivity index (χ2v) is 5.08. The Kier molecular flexibility index (Phi) is 5.22. The minimum Gasteiger partial charge on any atom is -0.343 e. The zero-order chi connectivity index (χ0) is 12.1. The Hall–Kier alpha value is -0.610. The lowest BCUT2D eigenvalue weighted by Gasteiger charge is -2.25. The van der Waals surface area contributed by atoms with Crippen LogP contribution in [0.2, 0.25) is 0 Å². The minimum atomic E-state index is -0.358. The van der Waals surface area contributed by atoms with Gasteiger partial charge in [-0.05, 0) is 31.8 Å². The lowest BCUT2D eigenvalue weighted by molar-refractivity contribution is -0.132. The Labute approximate surface area is 98.8 Å². The molecule has 1 saturated heterocycles. The number of hydrogen-bond acceptors (Lipinski definition) is 3. The van der Waals surface area contributed by atoms with E-state index in [2.05, 4.69) is 4.90 Å². The van der Waals surface area contributed by atoms with Crippen LogP contribution in [-0.4, -0.2) is 55.0 Å². The van der Waals surface area contributed by atoms with Gasteiger partial charge in [0, 0.05) is 20.1 Å². The highest BCUT2D eigenvalue weighted by molar-refractivity contribution is 5.81. The molecule has 4 heteroatoms. The van der Waals surface area contributed by atoms with Crippen molar-refractivity contribution in [3.63, 3.8) is 0 Å². The van der Waals surface area contributed by atoms with Gasteiger partial charge in [-0.3, -0.25) is 4.79 Å². The Balaban J connectivity index is 2.27. The molecule has 1 heterocycles. The fourth-order valence-electron chi connectivity index (χ4n) is 1.95. The number of nitrogens with two attached hydrogens (primary N) is 1. The topological polar surface area (TPSA) is 49.6 Å². The summed E-state index contributed by atoms with van der Waals surface area (Å²) >= 11 is 0. The predicted molar refractivity (Wildman–Crippen MR) is 66.1 cm³/mol. The lowest BCUT2D eigenvalue weighted by Crippen LogP contribution is -2.46. The third-order valence-electron chi connectivity index (χ3n) is 3.33. The third kappa shape index (κ3) is 3.76. The average molecular weight is 227 g/mol. The van der Waals surface area contributed by atoms with Crippen molar-refractivity contribution in [1.29, 1.82) is 0 Å². The first-order valence-corrected chi connectivity index (χ1v) is 6.25. The molecule has 1 atom stereocenters. The highest BCUT2D eigenvalue weighted by atomic mass is 16.2. The highest BCUT2D eigenvalue weighted by Gasteiger charge is 2.21. The van der Waals surface area contributed by atoms with E-state index in [0.29, 0.717) is 0 Å². The number of likely N-dealkylation sites (tertiary alicyclic amines) is 1. The molecular weight excluding hydrogens is 202 g/mol. The van der Waals surface area contributed by atoms with E-state index >= 15 is 0 Å². The summed E-state index contributed by atoms with van der Waals surface area (Å²) in [7, 11) is 1.85. The normalized spacial score (nSPS) is 19.1. The number of carbonyl (C=O) groups excluding carboxylic acids is 1. The zero-order valence-corrected chi connectivity index (χ0v) is 10.8. The van der Waals surface area contributed by atoms with Crippen LogP contribution in [0.25, 0.3) is 0 Å². The van der Waals surface area contributed by atoms with Crippen molar-refractivity contribution in [1.82, 2.24) is 9.80 Å². The van der Waals surface area contributed by atoms with Gasteiger partial charge in [-0.15, -0.1) is 0 Å². The molecule has 94 valence electrons. The molecule has 0 saturated carbocycles. The summed E-state index contributed by atoms with van der Waals surface area (Å²) in [5, 5.41) is 0. The zero-order valence-electron chi connectivity index (χ0n) is 10.8. The second kappa shape index (κ2) is 6.21. The Bertz CT molecular complexity index is 224. The van der Waals surface area contributed by atoms with Gasteiger partial charge < -0.3 is 15.5 Å². The van der Waals surface area contributed by atoms with E-state index in [1.54, 1.807) is 4.90 Å². The van der Waals surface area contributed by atoms with E-state index in [-0.39, 0.29) is 17.9 Å². The van der Waals surface area contributed by atoms with Crippen LogP contribution >= 0.6 is 0 Å². The Morgan fingerprint density at radius 1 is 1.38 bits per heavy atom. The van der Waals surface area contributed by atoms with E-state index in [9.17, 15) is 4.79 Å². The van der Waals surface area contributed by atoms with E-state index in [1.807, 2.05) is 20.9 Å². The maximum atomic E-state index is 11.9. The number of rotatable bonds is 5. The number of nitrogens with zero attached hydrogens (tertiary/aromatic N) is 2. The van der Waals surface area contributed by atoms with Crippen LogP contribution in [0, 0.1) is 5.92 Å². The fourth-order valence-corrected chi connectivity index (χ4v) is 1.95. The maximum absolute atomic E-state index is 11.9. The van der Waals surface area contributed by atoms with E-state index in [1.165, 1.54) is 25.9 Å². The average Bonchev–Trinajstić information content (AvgIpc) is 2.76. The van der Waals surface area contributed by atoms with Gasteiger partial charge in [0.15, 0.2) is 0 Å². The number of carbonyl (C=O) groups is 1. The molecule has 0 spiro atoms.